The fourth-order valence-electron chi connectivity index (χ4n) is 5.80. The molecule has 1 saturated heterocycles. The smallest absolute Gasteiger partial charge is 0.272 e. The molecule has 4 heterocycles. The lowest BCUT2D eigenvalue weighted by Crippen LogP contribution is -2.31. The number of para-hydroxylation sites is 1. The van der Waals surface area contributed by atoms with Crippen molar-refractivity contribution in [3.63, 3.8) is 0 Å². The number of aryl methyl sites for hydroxylation is 1. The second kappa shape index (κ2) is 11.6. The lowest BCUT2D eigenvalue weighted by atomic mass is 10.0. The summed E-state index contributed by atoms with van der Waals surface area (Å²) in [5, 5.41) is 7.10. The Kier molecular flexibility index (Phi) is 7.72. The normalized spacial score (nSPS) is 15.9. The molecule has 216 valence electrons. The molecular weight excluding hydrogens is 544 g/mol. The number of methoxy groups -OCH3 is 1. The number of ether oxygens (including phenoxy) is 1. The van der Waals surface area contributed by atoms with E-state index < -0.39 is 0 Å². The first-order valence-corrected chi connectivity index (χ1v) is 15.0. The molecule has 1 aliphatic heterocycles. The molecule has 1 atom stereocenters. The maximum Gasteiger partial charge on any atom is 0.272 e. The minimum Gasteiger partial charge on any atom is -0.495 e. The van der Waals surface area contributed by atoms with Gasteiger partial charge in [-0.1, -0.05) is 36.4 Å². The highest BCUT2D eigenvalue weighted by molar-refractivity contribution is 7.18. The Hall–Kier alpha value is -4.18. The van der Waals surface area contributed by atoms with Crippen LogP contribution in [0.1, 0.15) is 22.5 Å². The van der Waals surface area contributed by atoms with Crippen LogP contribution in [0.3, 0.4) is 0 Å². The van der Waals surface area contributed by atoms with E-state index in [-0.39, 0.29) is 5.91 Å². The lowest BCUT2D eigenvalue weighted by Gasteiger charge is -2.19. The van der Waals surface area contributed by atoms with Crippen molar-refractivity contribution in [2.45, 2.75) is 12.5 Å². The van der Waals surface area contributed by atoms with Crippen molar-refractivity contribution in [3.05, 3.63) is 77.4 Å². The van der Waals surface area contributed by atoms with E-state index in [0.717, 1.165) is 57.3 Å². The van der Waals surface area contributed by atoms with Crippen LogP contribution in [0.15, 0.2) is 66.2 Å². The van der Waals surface area contributed by atoms with E-state index in [1.54, 1.807) is 18.4 Å². The zero-order valence-corrected chi connectivity index (χ0v) is 25.2. The second-order valence-electron chi connectivity index (χ2n) is 11.0. The van der Waals surface area contributed by atoms with Crippen LogP contribution >= 0.6 is 11.3 Å². The van der Waals surface area contributed by atoms with Crippen LogP contribution in [0, 0.1) is 0 Å². The molecule has 8 nitrogen and oxygen atoms in total. The Morgan fingerprint density at radius 2 is 2.07 bits per heavy atom. The molecule has 5 aromatic rings. The van der Waals surface area contributed by atoms with Crippen LogP contribution in [0.4, 0.5) is 11.5 Å². The van der Waals surface area contributed by atoms with Gasteiger partial charge in [0.15, 0.2) is 0 Å². The van der Waals surface area contributed by atoms with Gasteiger partial charge in [0, 0.05) is 71.0 Å². The molecule has 0 bridgehead atoms. The minimum atomic E-state index is -0.197. The monoisotopic (exact) mass is 580 g/mol. The standard InChI is InChI=1S/C33H36N6O2S/c1-37(2)24-13-15-39(19-24)14-7-9-23-18-35-32(34)30-25(20-42-31(23)30)21-11-12-26(29(17-21)41-4)36-33(40)28-16-22-8-5-6-10-27(22)38(28)3/h5-12,16-18,20,24H,13-15,19H2,1-4H3,(H2,34,35)(H,36,40)/b9-7+/t24-/m0/s1. The number of nitrogens with two attached hydrogens (primary N) is 1. The van der Waals surface area contributed by atoms with Crippen molar-refractivity contribution in [2.75, 3.05) is 51.9 Å². The number of likely N-dealkylation sites (N-methyl/N-ethyl adjacent to an activating group) is 1. The molecule has 1 amide bonds. The SMILES string of the molecule is COc1cc(-c2csc3c(/C=C/CN4CC[C@H](N(C)C)C4)cnc(N)c23)ccc1NC(=O)c1cc2ccccc2n1C. The Balaban J connectivity index is 1.24. The number of likely N-dealkylation sites (tertiary alicyclic amines) is 1. The molecule has 2 aromatic carbocycles. The van der Waals surface area contributed by atoms with E-state index in [4.69, 9.17) is 10.5 Å². The molecule has 6 rings (SSSR count). The quantitative estimate of drug-likeness (QED) is 0.236. The number of fused-ring (bicyclic) bond motifs is 2. The summed E-state index contributed by atoms with van der Waals surface area (Å²) >= 11 is 1.66. The fourth-order valence-corrected chi connectivity index (χ4v) is 6.88. The van der Waals surface area contributed by atoms with E-state index >= 15 is 0 Å². The van der Waals surface area contributed by atoms with Crippen molar-refractivity contribution < 1.29 is 9.53 Å². The highest BCUT2D eigenvalue weighted by atomic mass is 32.1. The number of hydrogen-bond donors (Lipinski definition) is 2. The van der Waals surface area contributed by atoms with Gasteiger partial charge < -0.3 is 25.3 Å². The highest BCUT2D eigenvalue weighted by Crippen LogP contribution is 2.41. The molecule has 0 radical (unpaired) electrons. The topological polar surface area (TPSA) is 88.7 Å². The fraction of sp³-hybridized carbons (Fsp3) is 0.273. The maximum absolute atomic E-state index is 13.2. The highest BCUT2D eigenvalue weighted by Gasteiger charge is 2.23. The number of carbonyl (C=O) groups excluding carboxylic acids is 1. The number of thiophene rings is 1. The lowest BCUT2D eigenvalue weighted by molar-refractivity contribution is 0.101. The number of anilines is 2. The van der Waals surface area contributed by atoms with Crippen LogP contribution < -0.4 is 15.8 Å². The number of nitrogens with zero attached hydrogens (tertiary/aromatic N) is 4. The predicted octanol–water partition coefficient (Wildman–Crippen LogP) is 5.95. The molecule has 1 aliphatic rings. The number of pyridine rings is 1. The number of hydrogen-bond acceptors (Lipinski definition) is 7. The molecule has 3 aromatic heterocycles. The second-order valence-corrected chi connectivity index (χ2v) is 11.9. The van der Waals surface area contributed by atoms with Crippen molar-refractivity contribution in [2.24, 2.45) is 7.05 Å². The summed E-state index contributed by atoms with van der Waals surface area (Å²) in [4.78, 5) is 22.6. The first kappa shape index (κ1) is 28.0. The van der Waals surface area contributed by atoms with Crippen molar-refractivity contribution >= 4 is 55.8 Å². The van der Waals surface area contributed by atoms with Gasteiger partial charge in [0.25, 0.3) is 5.91 Å². The summed E-state index contributed by atoms with van der Waals surface area (Å²) in [6.07, 6.45) is 7.44. The number of benzene rings is 2. The van der Waals surface area contributed by atoms with Crippen LogP contribution in [0.2, 0.25) is 0 Å². The first-order chi connectivity index (χ1) is 20.3. The predicted molar refractivity (Wildman–Crippen MR) is 174 cm³/mol. The van der Waals surface area contributed by atoms with Gasteiger partial charge in [-0.15, -0.1) is 11.3 Å². The largest absolute Gasteiger partial charge is 0.495 e. The molecule has 0 saturated carbocycles. The summed E-state index contributed by atoms with van der Waals surface area (Å²) in [5.41, 5.74) is 11.6. The summed E-state index contributed by atoms with van der Waals surface area (Å²) in [6, 6.07) is 16.3. The van der Waals surface area contributed by atoms with Gasteiger partial charge in [-0.2, -0.15) is 0 Å². The van der Waals surface area contributed by atoms with E-state index in [1.807, 2.05) is 66.3 Å². The van der Waals surface area contributed by atoms with E-state index in [1.165, 1.54) is 6.42 Å². The van der Waals surface area contributed by atoms with E-state index in [0.29, 0.717) is 29.0 Å². The molecule has 0 spiro atoms. The van der Waals surface area contributed by atoms with Gasteiger partial charge in [-0.3, -0.25) is 9.69 Å². The average molecular weight is 581 g/mol. The summed E-state index contributed by atoms with van der Waals surface area (Å²) < 4.78 is 8.72. The molecule has 0 aliphatic carbocycles. The number of carbonyl (C=O) groups is 1. The zero-order chi connectivity index (χ0) is 29.4. The summed E-state index contributed by atoms with van der Waals surface area (Å²) in [6.45, 7) is 3.12. The molecule has 1 fully saturated rings. The Morgan fingerprint density at radius 1 is 1.24 bits per heavy atom. The molecule has 0 unspecified atom stereocenters. The molecule has 3 N–H and O–H groups in total. The van der Waals surface area contributed by atoms with E-state index in [9.17, 15) is 4.79 Å². The van der Waals surface area contributed by atoms with Gasteiger partial charge in [0.2, 0.25) is 0 Å². The third-order valence-corrected chi connectivity index (χ3v) is 9.27. The zero-order valence-electron chi connectivity index (χ0n) is 24.4. The summed E-state index contributed by atoms with van der Waals surface area (Å²) in [7, 11) is 7.81. The number of aromatic nitrogens is 2. The number of rotatable bonds is 8. The van der Waals surface area contributed by atoms with Crippen LogP contribution in [-0.2, 0) is 7.05 Å². The van der Waals surface area contributed by atoms with Crippen molar-refractivity contribution in [1.82, 2.24) is 19.4 Å². The third kappa shape index (κ3) is 5.27. The first-order valence-electron chi connectivity index (χ1n) is 14.1. The summed E-state index contributed by atoms with van der Waals surface area (Å²) in [5.74, 6) is 0.874. The number of amides is 1. The van der Waals surface area contributed by atoms with Gasteiger partial charge >= 0.3 is 0 Å². The minimum absolute atomic E-state index is 0.197. The Bertz CT molecular complexity index is 1800. The molecule has 42 heavy (non-hydrogen) atoms. The third-order valence-electron chi connectivity index (χ3n) is 8.24. The number of nitrogens with one attached hydrogen (secondary N) is 1. The van der Waals surface area contributed by atoms with Gasteiger partial charge in [-0.25, -0.2) is 4.98 Å². The van der Waals surface area contributed by atoms with Gasteiger partial charge in [0.05, 0.1) is 12.8 Å². The van der Waals surface area contributed by atoms with Crippen molar-refractivity contribution in [3.8, 4) is 16.9 Å². The van der Waals surface area contributed by atoms with E-state index in [2.05, 4.69) is 51.7 Å². The van der Waals surface area contributed by atoms with Crippen LogP contribution in [0.5, 0.6) is 5.75 Å². The Labute approximate surface area is 250 Å². The molecule has 9 heteroatoms. The maximum atomic E-state index is 13.2. The van der Waals surface area contributed by atoms with Crippen LogP contribution in [-0.4, -0.2) is 72.1 Å². The van der Waals surface area contributed by atoms with Crippen molar-refractivity contribution in [1.29, 1.82) is 0 Å². The van der Waals surface area contributed by atoms with Crippen LogP contribution in [0.25, 0.3) is 38.2 Å². The average Bonchev–Trinajstić information content (AvgIpc) is 3.73. The number of nitrogen functional groups attached to an aromatic ring is 1. The van der Waals surface area contributed by atoms with Gasteiger partial charge in [0.1, 0.15) is 17.3 Å². The van der Waals surface area contributed by atoms with Gasteiger partial charge in [-0.05, 0) is 55.7 Å². The molecular formula is C33H36N6O2S. The Morgan fingerprint density at radius 3 is 2.83 bits per heavy atom.